The standard InChI is InChI=1S/C22H18N4O.ClH/c1-16-6-8-17(9-7-16)20-12-22(27-24-20)26-14-18(13-25-11-10-23-15-25)19-4-2-3-5-21(19)26;/h2-12,14-15H,13H2,1H3;1H. The lowest BCUT2D eigenvalue weighted by atomic mass is 10.1. The molecule has 0 bridgehead atoms. The third-order valence-electron chi connectivity index (χ3n) is 4.79. The Hall–Kier alpha value is -3.31. The fourth-order valence-corrected chi connectivity index (χ4v) is 3.37. The molecule has 28 heavy (non-hydrogen) atoms. The Morgan fingerprint density at radius 1 is 1.04 bits per heavy atom. The predicted octanol–water partition coefficient (Wildman–Crippen LogP) is 5.26. The lowest BCUT2D eigenvalue weighted by molar-refractivity contribution is 0.410. The molecule has 140 valence electrons. The number of imidazole rings is 1. The van der Waals surface area contributed by atoms with E-state index in [2.05, 4.69) is 74.9 Å². The van der Waals surface area contributed by atoms with Crippen LogP contribution in [0.3, 0.4) is 0 Å². The minimum Gasteiger partial charge on any atom is -0.337 e. The van der Waals surface area contributed by atoms with Gasteiger partial charge in [0.2, 0.25) is 5.88 Å². The molecule has 0 radical (unpaired) electrons. The third-order valence-corrected chi connectivity index (χ3v) is 4.79. The normalized spacial score (nSPS) is 10.9. The third kappa shape index (κ3) is 3.21. The van der Waals surface area contributed by atoms with Gasteiger partial charge < -0.3 is 9.09 Å². The quantitative estimate of drug-likeness (QED) is 0.420. The molecule has 0 spiro atoms. The van der Waals surface area contributed by atoms with Gasteiger partial charge >= 0.3 is 0 Å². The van der Waals surface area contributed by atoms with Crippen molar-refractivity contribution >= 4 is 23.3 Å². The van der Waals surface area contributed by atoms with Crippen molar-refractivity contribution in [3.63, 3.8) is 0 Å². The highest BCUT2D eigenvalue weighted by molar-refractivity contribution is 5.86. The van der Waals surface area contributed by atoms with Gasteiger partial charge in [-0.15, -0.1) is 12.4 Å². The Kier molecular flexibility index (Phi) is 4.75. The van der Waals surface area contributed by atoms with Crippen LogP contribution in [0.5, 0.6) is 0 Å². The second-order valence-corrected chi connectivity index (χ2v) is 6.69. The Morgan fingerprint density at radius 2 is 1.86 bits per heavy atom. The number of fused-ring (bicyclic) bond motifs is 1. The number of rotatable bonds is 4. The SMILES string of the molecule is Cc1ccc(-c2cc(-n3cc(Cn4ccnc4)c4ccccc43)on2)cc1.Cl. The molecule has 5 aromatic rings. The van der Waals surface area contributed by atoms with Gasteiger partial charge in [-0.05, 0) is 18.6 Å². The van der Waals surface area contributed by atoms with Gasteiger partial charge in [0.15, 0.2) is 0 Å². The summed E-state index contributed by atoms with van der Waals surface area (Å²) in [6.45, 7) is 2.83. The molecule has 3 heterocycles. The number of benzene rings is 2. The second-order valence-electron chi connectivity index (χ2n) is 6.69. The summed E-state index contributed by atoms with van der Waals surface area (Å²) in [7, 11) is 0. The van der Waals surface area contributed by atoms with Crippen molar-refractivity contribution in [2.24, 2.45) is 0 Å². The number of aryl methyl sites for hydroxylation is 1. The van der Waals surface area contributed by atoms with E-state index in [9.17, 15) is 0 Å². The summed E-state index contributed by atoms with van der Waals surface area (Å²) in [5.41, 5.74) is 5.41. The van der Waals surface area contributed by atoms with Crippen molar-refractivity contribution in [3.8, 4) is 17.1 Å². The zero-order chi connectivity index (χ0) is 18.2. The first kappa shape index (κ1) is 18.1. The maximum atomic E-state index is 5.69. The topological polar surface area (TPSA) is 48.8 Å². The molecule has 5 nitrogen and oxygen atoms in total. The minimum atomic E-state index is 0. The molecular formula is C22H19ClN4O. The van der Waals surface area contributed by atoms with Crippen LogP contribution in [0.25, 0.3) is 28.0 Å². The molecule has 2 aromatic carbocycles. The van der Waals surface area contributed by atoms with Crippen LogP contribution in [0.2, 0.25) is 0 Å². The van der Waals surface area contributed by atoms with Crippen molar-refractivity contribution < 1.29 is 4.52 Å². The van der Waals surface area contributed by atoms with E-state index < -0.39 is 0 Å². The van der Waals surface area contributed by atoms with E-state index in [1.54, 1.807) is 6.20 Å². The largest absolute Gasteiger partial charge is 0.337 e. The number of nitrogens with zero attached hydrogens (tertiary/aromatic N) is 4. The molecule has 0 saturated heterocycles. The summed E-state index contributed by atoms with van der Waals surface area (Å²) in [6, 6.07) is 18.6. The van der Waals surface area contributed by atoms with E-state index in [0.717, 1.165) is 23.3 Å². The van der Waals surface area contributed by atoms with Crippen LogP contribution in [-0.4, -0.2) is 19.3 Å². The lowest BCUT2D eigenvalue weighted by Crippen LogP contribution is -1.95. The summed E-state index contributed by atoms with van der Waals surface area (Å²) in [5.74, 6) is 0.707. The van der Waals surface area contributed by atoms with E-state index in [0.29, 0.717) is 5.88 Å². The highest BCUT2D eigenvalue weighted by atomic mass is 35.5. The smallest absolute Gasteiger partial charge is 0.236 e. The molecule has 0 fully saturated rings. The summed E-state index contributed by atoms with van der Waals surface area (Å²) < 4.78 is 9.81. The van der Waals surface area contributed by atoms with Crippen LogP contribution < -0.4 is 0 Å². The molecule has 0 N–H and O–H groups in total. The van der Waals surface area contributed by atoms with Crippen molar-refractivity contribution in [3.05, 3.63) is 90.6 Å². The van der Waals surface area contributed by atoms with Crippen molar-refractivity contribution in [2.75, 3.05) is 0 Å². The van der Waals surface area contributed by atoms with E-state index in [-0.39, 0.29) is 12.4 Å². The zero-order valence-corrected chi connectivity index (χ0v) is 16.1. The van der Waals surface area contributed by atoms with E-state index in [1.165, 1.54) is 16.5 Å². The first-order chi connectivity index (χ1) is 13.3. The van der Waals surface area contributed by atoms with Gasteiger partial charge in [-0.1, -0.05) is 53.2 Å². The van der Waals surface area contributed by atoms with Gasteiger partial charge in [-0.3, -0.25) is 4.57 Å². The summed E-state index contributed by atoms with van der Waals surface area (Å²) >= 11 is 0. The van der Waals surface area contributed by atoms with Gasteiger partial charge in [0, 0.05) is 35.6 Å². The molecule has 0 unspecified atom stereocenters. The molecule has 0 aliphatic carbocycles. The number of hydrogen-bond acceptors (Lipinski definition) is 3. The fourth-order valence-electron chi connectivity index (χ4n) is 3.37. The first-order valence-corrected chi connectivity index (χ1v) is 8.87. The average Bonchev–Trinajstić information content (AvgIpc) is 3.43. The molecule has 5 rings (SSSR count). The minimum absolute atomic E-state index is 0. The van der Waals surface area contributed by atoms with Crippen molar-refractivity contribution in [1.29, 1.82) is 0 Å². The van der Waals surface area contributed by atoms with Gasteiger partial charge in [0.05, 0.1) is 18.4 Å². The van der Waals surface area contributed by atoms with Gasteiger partial charge in [-0.2, -0.15) is 0 Å². The molecule has 6 heteroatoms. The number of aromatic nitrogens is 4. The fraction of sp³-hybridized carbons (Fsp3) is 0.0909. The lowest BCUT2D eigenvalue weighted by Gasteiger charge is -1.99. The predicted molar refractivity (Wildman–Crippen MR) is 112 cm³/mol. The Labute approximate surface area is 168 Å². The van der Waals surface area contributed by atoms with Crippen molar-refractivity contribution in [2.45, 2.75) is 13.5 Å². The number of hydrogen-bond donors (Lipinski definition) is 0. The summed E-state index contributed by atoms with van der Waals surface area (Å²) in [4.78, 5) is 4.13. The first-order valence-electron chi connectivity index (χ1n) is 8.87. The molecule has 0 saturated carbocycles. The monoisotopic (exact) mass is 390 g/mol. The van der Waals surface area contributed by atoms with Gasteiger partial charge in [0.1, 0.15) is 5.69 Å². The molecule has 3 aromatic heterocycles. The van der Waals surface area contributed by atoms with Crippen LogP contribution in [-0.2, 0) is 6.54 Å². The van der Waals surface area contributed by atoms with E-state index in [4.69, 9.17) is 4.52 Å². The summed E-state index contributed by atoms with van der Waals surface area (Å²) in [5, 5.41) is 5.47. The van der Waals surface area contributed by atoms with Crippen LogP contribution in [0.15, 0.2) is 84.0 Å². The number of halogens is 1. The van der Waals surface area contributed by atoms with Gasteiger partial charge in [0.25, 0.3) is 0 Å². The maximum absolute atomic E-state index is 5.69. The molecule has 0 aliphatic rings. The molecular weight excluding hydrogens is 372 g/mol. The highest BCUT2D eigenvalue weighted by Crippen LogP contribution is 2.28. The Bertz CT molecular complexity index is 1200. The van der Waals surface area contributed by atoms with Crippen LogP contribution in [0.1, 0.15) is 11.1 Å². The number of para-hydroxylation sites is 1. The van der Waals surface area contributed by atoms with E-state index in [1.807, 2.05) is 24.7 Å². The summed E-state index contributed by atoms with van der Waals surface area (Å²) in [6.07, 6.45) is 7.71. The Morgan fingerprint density at radius 3 is 2.64 bits per heavy atom. The van der Waals surface area contributed by atoms with Gasteiger partial charge in [-0.25, -0.2) is 4.98 Å². The molecule has 0 amide bonds. The van der Waals surface area contributed by atoms with Crippen LogP contribution in [0.4, 0.5) is 0 Å². The van der Waals surface area contributed by atoms with Crippen molar-refractivity contribution in [1.82, 2.24) is 19.3 Å². The van der Waals surface area contributed by atoms with Crippen LogP contribution >= 0.6 is 12.4 Å². The van der Waals surface area contributed by atoms with E-state index >= 15 is 0 Å². The highest BCUT2D eigenvalue weighted by Gasteiger charge is 2.14. The van der Waals surface area contributed by atoms with Crippen LogP contribution in [0, 0.1) is 6.92 Å². The maximum Gasteiger partial charge on any atom is 0.236 e. The Balaban J connectivity index is 0.00000192. The molecule has 0 atom stereocenters. The second kappa shape index (κ2) is 7.37. The average molecular weight is 391 g/mol. The zero-order valence-electron chi connectivity index (χ0n) is 15.3. The molecule has 0 aliphatic heterocycles.